The van der Waals surface area contributed by atoms with E-state index in [2.05, 4.69) is 4.90 Å². The van der Waals surface area contributed by atoms with Gasteiger partial charge in [-0.05, 0) is 48.4 Å². The van der Waals surface area contributed by atoms with Crippen LogP contribution in [0.2, 0.25) is 0 Å². The van der Waals surface area contributed by atoms with E-state index in [0.29, 0.717) is 31.7 Å². The predicted molar refractivity (Wildman–Crippen MR) is 98.2 cm³/mol. The molecule has 1 aliphatic rings. The van der Waals surface area contributed by atoms with Crippen LogP contribution in [-0.4, -0.2) is 50.9 Å². The minimum absolute atomic E-state index is 0.151. The van der Waals surface area contributed by atoms with Crippen molar-refractivity contribution in [2.24, 2.45) is 0 Å². The molecular weight excluding hydrogens is 355 g/mol. The highest BCUT2D eigenvalue weighted by molar-refractivity contribution is 7.89. The molecule has 0 N–H and O–H groups in total. The average Bonchev–Trinajstić information content (AvgIpc) is 2.64. The van der Waals surface area contributed by atoms with Gasteiger partial charge in [-0.25, -0.2) is 12.8 Å². The van der Waals surface area contributed by atoms with E-state index in [1.54, 1.807) is 14.0 Å². The van der Waals surface area contributed by atoms with Crippen LogP contribution in [0.3, 0.4) is 0 Å². The molecule has 1 aliphatic heterocycles. The number of piperazine rings is 1. The first-order chi connectivity index (χ1) is 12.4. The Hall–Kier alpha value is -1.96. The molecule has 5 nitrogen and oxygen atoms in total. The maximum atomic E-state index is 13.4. The third-order valence-corrected chi connectivity index (χ3v) is 6.53. The normalized spacial score (nSPS) is 16.6. The quantitative estimate of drug-likeness (QED) is 0.803. The lowest BCUT2D eigenvalue weighted by Gasteiger charge is -2.34. The van der Waals surface area contributed by atoms with Crippen molar-refractivity contribution in [1.29, 1.82) is 0 Å². The number of methoxy groups -OCH3 is 1. The van der Waals surface area contributed by atoms with Crippen LogP contribution in [0.4, 0.5) is 4.39 Å². The van der Waals surface area contributed by atoms with Gasteiger partial charge in [0.15, 0.2) is 0 Å². The van der Waals surface area contributed by atoms with E-state index in [9.17, 15) is 12.8 Å². The van der Waals surface area contributed by atoms with Crippen molar-refractivity contribution in [3.8, 4) is 5.75 Å². The second-order valence-electron chi connectivity index (χ2n) is 6.44. The Bertz CT molecular complexity index is 878. The zero-order valence-corrected chi connectivity index (χ0v) is 15.8. The lowest BCUT2D eigenvalue weighted by atomic mass is 10.2. The molecule has 2 aromatic rings. The standard InChI is InChI=1S/C19H23FN2O3S/c1-15-12-18(6-7-19(15)20)26(23,24)22-10-8-21(9-11-22)14-16-4-3-5-17(13-16)25-2/h3-7,12-13H,8-11,14H2,1-2H3. The number of benzene rings is 2. The molecule has 3 rings (SSSR count). The predicted octanol–water partition coefficient (Wildman–Crippen LogP) is 2.65. The van der Waals surface area contributed by atoms with Gasteiger partial charge in [-0.1, -0.05) is 12.1 Å². The first kappa shape index (κ1) is 18.8. The molecule has 0 aliphatic carbocycles. The van der Waals surface area contributed by atoms with Crippen LogP contribution >= 0.6 is 0 Å². The largest absolute Gasteiger partial charge is 0.497 e. The summed E-state index contributed by atoms with van der Waals surface area (Å²) in [6.07, 6.45) is 0. The molecule has 0 amide bonds. The highest BCUT2D eigenvalue weighted by atomic mass is 32.2. The van der Waals surface area contributed by atoms with Crippen LogP contribution in [0.5, 0.6) is 5.75 Å². The number of rotatable bonds is 5. The van der Waals surface area contributed by atoms with Gasteiger partial charge in [0.05, 0.1) is 12.0 Å². The van der Waals surface area contributed by atoms with E-state index in [4.69, 9.17) is 4.74 Å². The molecule has 0 spiro atoms. The Labute approximate surface area is 154 Å². The van der Waals surface area contributed by atoms with Crippen molar-refractivity contribution in [1.82, 2.24) is 9.21 Å². The molecule has 0 radical (unpaired) electrons. The second kappa shape index (κ2) is 7.73. The van der Waals surface area contributed by atoms with Crippen LogP contribution in [-0.2, 0) is 16.6 Å². The number of aryl methyl sites for hydroxylation is 1. The molecular formula is C19H23FN2O3S. The van der Waals surface area contributed by atoms with Crippen LogP contribution in [0.15, 0.2) is 47.4 Å². The minimum atomic E-state index is -3.59. The third-order valence-electron chi connectivity index (χ3n) is 4.64. The Morgan fingerprint density at radius 3 is 2.46 bits per heavy atom. The summed E-state index contributed by atoms with van der Waals surface area (Å²) in [6, 6.07) is 11.8. The first-order valence-electron chi connectivity index (χ1n) is 8.52. The zero-order valence-electron chi connectivity index (χ0n) is 15.0. The molecule has 0 saturated carbocycles. The SMILES string of the molecule is COc1cccc(CN2CCN(S(=O)(=O)c3ccc(F)c(C)c3)CC2)c1. The number of sulfonamides is 1. The smallest absolute Gasteiger partial charge is 0.243 e. The topological polar surface area (TPSA) is 49.9 Å². The number of hydrogen-bond donors (Lipinski definition) is 0. The molecule has 0 bridgehead atoms. The minimum Gasteiger partial charge on any atom is -0.497 e. The zero-order chi connectivity index (χ0) is 18.7. The van der Waals surface area contributed by atoms with Gasteiger partial charge >= 0.3 is 0 Å². The number of hydrogen-bond acceptors (Lipinski definition) is 4. The molecule has 1 saturated heterocycles. The van der Waals surface area contributed by atoms with E-state index < -0.39 is 15.8 Å². The summed E-state index contributed by atoms with van der Waals surface area (Å²) in [6.45, 7) is 4.46. The second-order valence-corrected chi connectivity index (χ2v) is 8.38. The maximum Gasteiger partial charge on any atom is 0.243 e. The monoisotopic (exact) mass is 378 g/mol. The Morgan fingerprint density at radius 2 is 1.81 bits per heavy atom. The van der Waals surface area contributed by atoms with E-state index in [0.717, 1.165) is 17.9 Å². The van der Waals surface area contributed by atoms with E-state index >= 15 is 0 Å². The molecule has 140 valence electrons. The van der Waals surface area contributed by atoms with Crippen LogP contribution in [0.1, 0.15) is 11.1 Å². The first-order valence-corrected chi connectivity index (χ1v) is 9.96. The van der Waals surface area contributed by atoms with Crippen molar-refractivity contribution in [3.05, 3.63) is 59.4 Å². The van der Waals surface area contributed by atoms with E-state index in [1.807, 2.05) is 24.3 Å². The summed E-state index contributed by atoms with van der Waals surface area (Å²) in [5, 5.41) is 0. The van der Waals surface area contributed by atoms with E-state index in [1.165, 1.54) is 22.5 Å². The highest BCUT2D eigenvalue weighted by Crippen LogP contribution is 2.21. The van der Waals surface area contributed by atoms with Gasteiger partial charge in [-0.2, -0.15) is 4.31 Å². The van der Waals surface area contributed by atoms with Gasteiger partial charge in [0, 0.05) is 32.7 Å². The van der Waals surface area contributed by atoms with Crippen LogP contribution in [0, 0.1) is 12.7 Å². The van der Waals surface area contributed by atoms with Gasteiger partial charge < -0.3 is 4.74 Å². The van der Waals surface area contributed by atoms with Crippen LogP contribution < -0.4 is 4.74 Å². The van der Waals surface area contributed by atoms with Crippen molar-refractivity contribution in [3.63, 3.8) is 0 Å². The molecule has 1 fully saturated rings. The summed E-state index contributed by atoms with van der Waals surface area (Å²) in [5.74, 6) is 0.419. The Morgan fingerprint density at radius 1 is 1.08 bits per heavy atom. The number of halogens is 1. The summed E-state index contributed by atoms with van der Waals surface area (Å²) >= 11 is 0. The van der Waals surface area contributed by atoms with Crippen molar-refractivity contribution < 1.29 is 17.5 Å². The third kappa shape index (κ3) is 4.06. The van der Waals surface area contributed by atoms with Crippen molar-refractivity contribution in [2.75, 3.05) is 33.3 Å². The molecule has 0 atom stereocenters. The molecule has 2 aromatic carbocycles. The molecule has 0 unspecified atom stereocenters. The van der Waals surface area contributed by atoms with Gasteiger partial charge in [0.1, 0.15) is 11.6 Å². The Balaban J connectivity index is 1.64. The highest BCUT2D eigenvalue weighted by Gasteiger charge is 2.28. The molecule has 0 aromatic heterocycles. The summed E-state index contributed by atoms with van der Waals surface area (Å²) < 4.78 is 45.7. The Kier molecular flexibility index (Phi) is 5.60. The van der Waals surface area contributed by atoms with Crippen molar-refractivity contribution >= 4 is 10.0 Å². The fraction of sp³-hybridized carbons (Fsp3) is 0.368. The average molecular weight is 378 g/mol. The lowest BCUT2D eigenvalue weighted by molar-refractivity contribution is 0.181. The molecule has 7 heteroatoms. The number of nitrogens with zero attached hydrogens (tertiary/aromatic N) is 2. The van der Waals surface area contributed by atoms with Crippen LogP contribution in [0.25, 0.3) is 0 Å². The van der Waals surface area contributed by atoms with Gasteiger partial charge in [0.2, 0.25) is 10.0 Å². The molecule has 26 heavy (non-hydrogen) atoms. The van der Waals surface area contributed by atoms with Gasteiger partial charge in [-0.15, -0.1) is 0 Å². The van der Waals surface area contributed by atoms with Gasteiger partial charge in [0.25, 0.3) is 0 Å². The maximum absolute atomic E-state index is 13.4. The fourth-order valence-electron chi connectivity index (χ4n) is 3.08. The molecule has 1 heterocycles. The summed E-state index contributed by atoms with van der Waals surface area (Å²) in [4.78, 5) is 2.37. The van der Waals surface area contributed by atoms with Gasteiger partial charge in [-0.3, -0.25) is 4.90 Å². The van der Waals surface area contributed by atoms with Crippen molar-refractivity contribution in [2.45, 2.75) is 18.4 Å². The lowest BCUT2D eigenvalue weighted by Crippen LogP contribution is -2.48. The summed E-state index contributed by atoms with van der Waals surface area (Å²) in [5.41, 5.74) is 1.47. The number of ether oxygens (including phenoxy) is 1. The van der Waals surface area contributed by atoms with E-state index in [-0.39, 0.29) is 4.90 Å². The fourth-order valence-corrected chi connectivity index (χ4v) is 4.59. The summed E-state index contributed by atoms with van der Waals surface area (Å²) in [7, 11) is -1.95.